The fraction of sp³-hybridized carbons (Fsp3) is 0.188. The molecule has 0 radical (unpaired) electrons. The third-order valence-corrected chi connectivity index (χ3v) is 6.95. The van der Waals surface area contributed by atoms with Gasteiger partial charge in [0.15, 0.2) is 3.92 Å². The molecule has 11 heteroatoms. The van der Waals surface area contributed by atoms with Crippen molar-refractivity contribution in [3.05, 3.63) is 51.0 Å². The quantitative estimate of drug-likeness (QED) is 0.527. The summed E-state index contributed by atoms with van der Waals surface area (Å²) in [6.07, 6.45) is 1.64. The van der Waals surface area contributed by atoms with Gasteiger partial charge < -0.3 is 0 Å². The number of aromatic nitrogens is 3. The first-order valence-electron chi connectivity index (χ1n) is 7.68. The molecule has 3 rings (SSSR count). The first-order valence-corrected chi connectivity index (χ1v) is 11.3. The number of hydrogen-bond donors (Lipinski definition) is 1. The molecule has 0 spiro atoms. The van der Waals surface area contributed by atoms with Crippen molar-refractivity contribution in [3.8, 4) is 21.8 Å². The van der Waals surface area contributed by atoms with Crippen LogP contribution in [0.4, 0.5) is 4.39 Å². The van der Waals surface area contributed by atoms with Gasteiger partial charge >= 0.3 is 0 Å². The number of thiazole rings is 1. The Morgan fingerprint density at radius 1 is 1.33 bits per heavy atom. The van der Waals surface area contributed by atoms with Gasteiger partial charge in [0.1, 0.15) is 11.1 Å². The number of benzene rings is 1. The topological polar surface area (TPSA) is 98.8 Å². The molecule has 6 nitrogen and oxygen atoms in total. The standard InChI is InChI=1S/C16H13BrClFN4O2S2/c1-2-11(27(20,24)25)8-4-3-5-9(12(8)19)13-14(26-15(17)23-13)10-6-7-21-16(18)22-10/h3-7,11H,2H2,1H3,(H2,20,24,25). The summed E-state index contributed by atoms with van der Waals surface area (Å²) in [5, 5.41) is 4.19. The van der Waals surface area contributed by atoms with Gasteiger partial charge in [-0.15, -0.1) is 11.3 Å². The number of rotatable bonds is 5. The molecule has 3 aromatic rings. The van der Waals surface area contributed by atoms with Crippen molar-refractivity contribution in [1.29, 1.82) is 0 Å². The van der Waals surface area contributed by atoms with Crippen molar-refractivity contribution in [2.24, 2.45) is 5.14 Å². The zero-order chi connectivity index (χ0) is 19.8. The molecule has 1 aromatic carbocycles. The van der Waals surface area contributed by atoms with Gasteiger partial charge in [0.05, 0.1) is 16.3 Å². The summed E-state index contributed by atoms with van der Waals surface area (Å²) >= 11 is 10.4. The highest BCUT2D eigenvalue weighted by molar-refractivity contribution is 9.11. The van der Waals surface area contributed by atoms with Crippen molar-refractivity contribution < 1.29 is 12.8 Å². The number of primary sulfonamides is 1. The summed E-state index contributed by atoms with van der Waals surface area (Å²) in [4.78, 5) is 12.9. The number of sulfonamides is 1. The Morgan fingerprint density at radius 2 is 2.07 bits per heavy atom. The van der Waals surface area contributed by atoms with Gasteiger partial charge in [-0.3, -0.25) is 0 Å². The minimum Gasteiger partial charge on any atom is -0.228 e. The maximum Gasteiger partial charge on any atom is 0.222 e. The van der Waals surface area contributed by atoms with Gasteiger partial charge in [-0.1, -0.05) is 19.1 Å². The molecular weight excluding hydrogens is 479 g/mol. The molecule has 2 aromatic heterocycles. The molecule has 0 aliphatic carbocycles. The van der Waals surface area contributed by atoms with Crippen LogP contribution in [0.5, 0.6) is 0 Å². The largest absolute Gasteiger partial charge is 0.228 e. The van der Waals surface area contributed by atoms with Crippen LogP contribution >= 0.6 is 38.9 Å². The zero-order valence-corrected chi connectivity index (χ0v) is 17.8. The summed E-state index contributed by atoms with van der Waals surface area (Å²) < 4.78 is 39.5. The molecule has 0 saturated heterocycles. The van der Waals surface area contributed by atoms with Crippen LogP contribution in [0.25, 0.3) is 21.8 Å². The van der Waals surface area contributed by atoms with E-state index in [4.69, 9.17) is 16.7 Å². The average molecular weight is 492 g/mol. The molecule has 1 unspecified atom stereocenters. The highest BCUT2D eigenvalue weighted by Gasteiger charge is 2.27. The summed E-state index contributed by atoms with van der Waals surface area (Å²) in [5.41, 5.74) is 0.969. The number of hydrogen-bond acceptors (Lipinski definition) is 6. The van der Waals surface area contributed by atoms with E-state index in [1.54, 1.807) is 19.1 Å². The molecule has 142 valence electrons. The van der Waals surface area contributed by atoms with Crippen LogP contribution in [0.2, 0.25) is 5.28 Å². The van der Waals surface area contributed by atoms with Gasteiger partial charge in [0.2, 0.25) is 15.3 Å². The van der Waals surface area contributed by atoms with Crippen molar-refractivity contribution in [3.63, 3.8) is 0 Å². The van der Waals surface area contributed by atoms with Gasteiger partial charge in [-0.05, 0) is 46.1 Å². The predicted molar refractivity (Wildman–Crippen MR) is 107 cm³/mol. The normalized spacial score (nSPS) is 12.9. The van der Waals surface area contributed by atoms with Crippen molar-refractivity contribution >= 4 is 48.9 Å². The van der Waals surface area contributed by atoms with Crippen LogP contribution in [0.1, 0.15) is 24.2 Å². The Kier molecular flexibility index (Phi) is 5.92. The Labute approximate surface area is 172 Å². The fourth-order valence-corrected chi connectivity index (χ4v) is 5.31. The van der Waals surface area contributed by atoms with Gasteiger partial charge in [0.25, 0.3) is 0 Å². The van der Waals surface area contributed by atoms with Crippen molar-refractivity contribution in [2.75, 3.05) is 0 Å². The predicted octanol–water partition coefficient (Wildman–Crippen LogP) is 4.56. The molecule has 27 heavy (non-hydrogen) atoms. The molecule has 2 N–H and O–H groups in total. The second kappa shape index (κ2) is 7.88. The van der Waals surface area contributed by atoms with E-state index in [0.29, 0.717) is 20.2 Å². The van der Waals surface area contributed by atoms with Crippen molar-refractivity contribution in [2.45, 2.75) is 18.6 Å². The average Bonchev–Trinajstić information content (AvgIpc) is 2.97. The molecular formula is C16H13BrClFN4O2S2. The SMILES string of the molecule is CCC(c1cccc(-c2nc(Br)sc2-c2ccnc(Cl)n2)c1F)S(N)(=O)=O. The second-order valence-electron chi connectivity index (χ2n) is 5.55. The minimum absolute atomic E-state index is 0.00768. The minimum atomic E-state index is -3.96. The third kappa shape index (κ3) is 4.19. The van der Waals surface area contributed by atoms with Gasteiger partial charge in [-0.25, -0.2) is 32.9 Å². The van der Waals surface area contributed by atoms with E-state index in [0.717, 1.165) is 0 Å². The van der Waals surface area contributed by atoms with E-state index >= 15 is 4.39 Å². The van der Waals surface area contributed by atoms with E-state index in [1.807, 2.05) is 0 Å². The van der Waals surface area contributed by atoms with E-state index in [-0.39, 0.29) is 22.8 Å². The van der Waals surface area contributed by atoms with E-state index in [1.165, 1.54) is 29.7 Å². The Hall–Kier alpha value is -1.46. The zero-order valence-electron chi connectivity index (χ0n) is 13.9. The lowest BCUT2D eigenvalue weighted by molar-refractivity contribution is 0.566. The summed E-state index contributed by atoms with van der Waals surface area (Å²) in [7, 11) is -3.96. The number of nitrogens with zero attached hydrogens (tertiary/aromatic N) is 3. The van der Waals surface area contributed by atoms with Crippen LogP contribution < -0.4 is 5.14 Å². The van der Waals surface area contributed by atoms with E-state index < -0.39 is 21.1 Å². The Morgan fingerprint density at radius 3 is 2.70 bits per heavy atom. The first kappa shape index (κ1) is 20.3. The molecule has 0 amide bonds. The number of nitrogens with two attached hydrogens (primary N) is 1. The number of halogens is 3. The molecule has 1 atom stereocenters. The summed E-state index contributed by atoms with van der Waals surface area (Å²) in [6, 6.07) is 6.16. The Balaban J connectivity index is 2.21. The lowest BCUT2D eigenvalue weighted by atomic mass is 10.0. The molecule has 0 aliphatic rings. The van der Waals surface area contributed by atoms with Gasteiger partial charge in [-0.2, -0.15) is 0 Å². The highest BCUT2D eigenvalue weighted by Crippen LogP contribution is 2.40. The van der Waals surface area contributed by atoms with Gasteiger partial charge in [0, 0.05) is 17.3 Å². The molecule has 0 fully saturated rings. The first-order chi connectivity index (χ1) is 12.7. The van der Waals surface area contributed by atoms with Crippen LogP contribution in [-0.4, -0.2) is 23.4 Å². The third-order valence-electron chi connectivity index (χ3n) is 3.86. The molecule has 0 saturated carbocycles. The second-order valence-corrected chi connectivity index (χ2v) is 9.91. The molecule has 2 heterocycles. The molecule has 0 aliphatic heterocycles. The van der Waals surface area contributed by atoms with Crippen LogP contribution in [0.3, 0.4) is 0 Å². The smallest absolute Gasteiger partial charge is 0.222 e. The van der Waals surface area contributed by atoms with E-state index in [2.05, 4.69) is 30.9 Å². The van der Waals surface area contributed by atoms with Crippen LogP contribution in [0, 0.1) is 5.82 Å². The lowest BCUT2D eigenvalue weighted by Crippen LogP contribution is -2.22. The van der Waals surface area contributed by atoms with Crippen LogP contribution in [0.15, 0.2) is 34.4 Å². The highest BCUT2D eigenvalue weighted by atomic mass is 79.9. The fourth-order valence-electron chi connectivity index (χ4n) is 2.72. The van der Waals surface area contributed by atoms with Crippen molar-refractivity contribution in [1.82, 2.24) is 15.0 Å². The maximum absolute atomic E-state index is 15.3. The lowest BCUT2D eigenvalue weighted by Gasteiger charge is -2.15. The summed E-state index contributed by atoms with van der Waals surface area (Å²) in [6.45, 7) is 1.63. The summed E-state index contributed by atoms with van der Waals surface area (Å²) in [5.74, 6) is -0.683. The monoisotopic (exact) mass is 490 g/mol. The molecule has 0 bridgehead atoms. The Bertz CT molecular complexity index is 1110. The van der Waals surface area contributed by atoms with E-state index in [9.17, 15) is 8.42 Å². The van der Waals surface area contributed by atoms with Crippen LogP contribution in [-0.2, 0) is 10.0 Å². The maximum atomic E-state index is 15.3.